The second-order valence-corrected chi connectivity index (χ2v) is 5.01. The van der Waals surface area contributed by atoms with E-state index in [4.69, 9.17) is 5.11 Å². The van der Waals surface area contributed by atoms with Crippen LogP contribution >= 0.6 is 0 Å². The van der Waals surface area contributed by atoms with Gasteiger partial charge in [0.05, 0.1) is 6.33 Å². The van der Waals surface area contributed by atoms with Crippen LogP contribution in [0.4, 0.5) is 0 Å². The Balaban J connectivity index is 2.01. The number of rotatable bonds is 5. The molecule has 1 aromatic carbocycles. The standard InChI is InChI=1S/C15H17N3O3/c1-9(2)11-5-3-10(4-6-11)7-16-14(19)12-13(15(20)21)18-8-17-12/h3-6,8-9H,7H2,1-2H3,(H,16,19)(H,17,18)(H,20,21). The molecule has 0 aliphatic heterocycles. The minimum absolute atomic E-state index is 0.110. The Kier molecular flexibility index (Phi) is 4.37. The van der Waals surface area contributed by atoms with E-state index in [1.807, 2.05) is 24.3 Å². The van der Waals surface area contributed by atoms with Crippen molar-refractivity contribution in [2.75, 3.05) is 0 Å². The molecule has 0 spiro atoms. The number of hydrogen-bond donors (Lipinski definition) is 3. The number of hydrogen-bond acceptors (Lipinski definition) is 3. The van der Waals surface area contributed by atoms with Crippen LogP contribution < -0.4 is 5.32 Å². The van der Waals surface area contributed by atoms with Crippen molar-refractivity contribution in [1.82, 2.24) is 15.3 Å². The summed E-state index contributed by atoms with van der Waals surface area (Å²) in [6, 6.07) is 7.92. The van der Waals surface area contributed by atoms with Crippen molar-refractivity contribution < 1.29 is 14.7 Å². The predicted molar refractivity (Wildman–Crippen MR) is 77.2 cm³/mol. The fraction of sp³-hybridized carbons (Fsp3) is 0.267. The van der Waals surface area contributed by atoms with Crippen molar-refractivity contribution in [3.05, 3.63) is 53.1 Å². The van der Waals surface area contributed by atoms with Crippen LogP contribution in [0, 0.1) is 0 Å². The van der Waals surface area contributed by atoms with E-state index < -0.39 is 11.9 Å². The van der Waals surface area contributed by atoms with Crippen molar-refractivity contribution in [2.45, 2.75) is 26.3 Å². The smallest absolute Gasteiger partial charge is 0.354 e. The second-order valence-electron chi connectivity index (χ2n) is 5.01. The Hall–Kier alpha value is -2.63. The van der Waals surface area contributed by atoms with Gasteiger partial charge >= 0.3 is 5.97 Å². The number of nitrogens with zero attached hydrogens (tertiary/aromatic N) is 1. The summed E-state index contributed by atoms with van der Waals surface area (Å²) < 4.78 is 0. The van der Waals surface area contributed by atoms with Crippen LogP contribution in [0.5, 0.6) is 0 Å². The van der Waals surface area contributed by atoms with Crippen LogP contribution in [0.3, 0.4) is 0 Å². The third-order valence-corrected chi connectivity index (χ3v) is 3.17. The maximum absolute atomic E-state index is 11.9. The molecule has 6 heteroatoms. The number of carbonyl (C=O) groups excluding carboxylic acids is 1. The third-order valence-electron chi connectivity index (χ3n) is 3.17. The van der Waals surface area contributed by atoms with Crippen molar-refractivity contribution in [3.63, 3.8) is 0 Å². The number of imidazole rings is 1. The van der Waals surface area contributed by atoms with Gasteiger partial charge in [0, 0.05) is 6.54 Å². The number of aromatic nitrogens is 2. The summed E-state index contributed by atoms with van der Waals surface area (Å²) in [6.45, 7) is 4.55. The zero-order valence-electron chi connectivity index (χ0n) is 11.9. The van der Waals surface area contributed by atoms with Gasteiger partial charge in [-0.05, 0) is 17.0 Å². The number of carboxylic acids is 1. The first-order chi connectivity index (χ1) is 9.99. The molecule has 2 rings (SSSR count). The third kappa shape index (κ3) is 3.47. The number of amides is 1. The Morgan fingerprint density at radius 2 is 1.95 bits per heavy atom. The van der Waals surface area contributed by atoms with Crippen LogP contribution in [-0.4, -0.2) is 27.0 Å². The van der Waals surface area contributed by atoms with Crippen molar-refractivity contribution in [2.24, 2.45) is 0 Å². The van der Waals surface area contributed by atoms with E-state index in [1.54, 1.807) is 0 Å². The molecule has 6 nitrogen and oxygen atoms in total. The highest BCUT2D eigenvalue weighted by Gasteiger charge is 2.19. The Bertz CT molecular complexity index is 644. The first-order valence-corrected chi connectivity index (χ1v) is 6.62. The van der Waals surface area contributed by atoms with Gasteiger partial charge in [-0.15, -0.1) is 0 Å². The number of H-pyrrole nitrogens is 1. The molecule has 0 fully saturated rings. The Morgan fingerprint density at radius 1 is 1.29 bits per heavy atom. The van der Waals surface area contributed by atoms with Gasteiger partial charge in [0.15, 0.2) is 11.4 Å². The van der Waals surface area contributed by atoms with Crippen LogP contribution in [-0.2, 0) is 6.54 Å². The zero-order valence-corrected chi connectivity index (χ0v) is 11.9. The molecule has 2 aromatic rings. The van der Waals surface area contributed by atoms with Crippen molar-refractivity contribution >= 4 is 11.9 Å². The fourth-order valence-electron chi connectivity index (χ4n) is 1.92. The van der Waals surface area contributed by atoms with Crippen molar-refractivity contribution in [3.8, 4) is 0 Å². The first kappa shape index (κ1) is 14.8. The molecule has 3 N–H and O–H groups in total. The number of aromatic amines is 1. The van der Waals surface area contributed by atoms with E-state index >= 15 is 0 Å². The molecule has 1 aromatic heterocycles. The average molecular weight is 287 g/mol. The molecule has 0 aliphatic rings. The SMILES string of the molecule is CC(C)c1ccc(CNC(=O)c2nc[nH]c2C(=O)O)cc1. The lowest BCUT2D eigenvalue weighted by Crippen LogP contribution is -2.25. The maximum Gasteiger partial charge on any atom is 0.354 e. The molecular formula is C15H17N3O3. The highest BCUT2D eigenvalue weighted by atomic mass is 16.4. The molecule has 21 heavy (non-hydrogen) atoms. The highest BCUT2D eigenvalue weighted by molar-refractivity contribution is 6.02. The minimum atomic E-state index is -1.21. The minimum Gasteiger partial charge on any atom is -0.477 e. The molecule has 1 heterocycles. The van der Waals surface area contributed by atoms with Gasteiger partial charge < -0.3 is 15.4 Å². The lowest BCUT2D eigenvalue weighted by atomic mass is 10.0. The molecule has 0 saturated heterocycles. The molecule has 0 saturated carbocycles. The summed E-state index contributed by atoms with van der Waals surface area (Å²) in [5.74, 6) is -1.27. The molecule has 0 bridgehead atoms. The number of carboxylic acid groups (broad SMARTS) is 1. The molecular weight excluding hydrogens is 270 g/mol. The number of carbonyl (C=O) groups is 2. The van der Waals surface area contributed by atoms with Gasteiger partial charge in [-0.2, -0.15) is 0 Å². The summed E-state index contributed by atoms with van der Waals surface area (Å²) in [4.78, 5) is 29.0. The quantitative estimate of drug-likeness (QED) is 0.785. The van der Waals surface area contributed by atoms with Gasteiger partial charge in [0.2, 0.25) is 0 Å². The van der Waals surface area contributed by atoms with Crippen molar-refractivity contribution in [1.29, 1.82) is 0 Å². The summed E-state index contributed by atoms with van der Waals surface area (Å²) in [6.07, 6.45) is 1.19. The summed E-state index contributed by atoms with van der Waals surface area (Å²) >= 11 is 0. The van der Waals surface area contributed by atoms with Gasteiger partial charge in [-0.1, -0.05) is 38.1 Å². The molecule has 0 aliphatic carbocycles. The van der Waals surface area contributed by atoms with E-state index in [9.17, 15) is 9.59 Å². The van der Waals surface area contributed by atoms with Crippen LogP contribution in [0.25, 0.3) is 0 Å². The van der Waals surface area contributed by atoms with Crippen LogP contribution in [0.15, 0.2) is 30.6 Å². The molecule has 1 amide bonds. The summed E-state index contributed by atoms with van der Waals surface area (Å²) in [5, 5.41) is 11.6. The fourth-order valence-corrected chi connectivity index (χ4v) is 1.92. The lowest BCUT2D eigenvalue weighted by molar-refractivity contribution is 0.0685. The highest BCUT2D eigenvalue weighted by Crippen LogP contribution is 2.14. The van der Waals surface area contributed by atoms with Crippen LogP contribution in [0.1, 0.15) is 51.9 Å². The van der Waals surface area contributed by atoms with E-state index in [0.29, 0.717) is 12.5 Å². The molecule has 0 unspecified atom stereocenters. The summed E-state index contributed by atoms with van der Waals surface area (Å²) in [7, 11) is 0. The van der Waals surface area contributed by atoms with Crippen LogP contribution in [0.2, 0.25) is 0 Å². The van der Waals surface area contributed by atoms with Gasteiger partial charge in [-0.25, -0.2) is 9.78 Å². The van der Waals surface area contributed by atoms with E-state index in [1.165, 1.54) is 11.9 Å². The van der Waals surface area contributed by atoms with Gasteiger partial charge in [-0.3, -0.25) is 4.79 Å². The van der Waals surface area contributed by atoms with Gasteiger partial charge in [0.1, 0.15) is 0 Å². The second kappa shape index (κ2) is 6.21. The Labute approximate surface area is 122 Å². The monoisotopic (exact) mass is 287 g/mol. The van der Waals surface area contributed by atoms with E-state index in [-0.39, 0.29) is 11.4 Å². The normalized spacial score (nSPS) is 10.6. The summed E-state index contributed by atoms with van der Waals surface area (Å²) in [5.41, 5.74) is 1.86. The van der Waals surface area contributed by atoms with Gasteiger partial charge in [0.25, 0.3) is 5.91 Å². The maximum atomic E-state index is 11.9. The topological polar surface area (TPSA) is 95.1 Å². The number of nitrogens with one attached hydrogen (secondary N) is 2. The molecule has 110 valence electrons. The molecule has 0 atom stereocenters. The Morgan fingerprint density at radius 3 is 2.52 bits per heavy atom. The number of benzene rings is 1. The van der Waals surface area contributed by atoms with E-state index in [0.717, 1.165) is 5.56 Å². The molecule has 0 radical (unpaired) electrons. The predicted octanol–water partition coefficient (Wildman–Crippen LogP) is 2.16. The largest absolute Gasteiger partial charge is 0.477 e. The zero-order chi connectivity index (χ0) is 15.4. The first-order valence-electron chi connectivity index (χ1n) is 6.62. The van der Waals surface area contributed by atoms with E-state index in [2.05, 4.69) is 29.1 Å². The average Bonchev–Trinajstić information content (AvgIpc) is 2.95. The number of aromatic carboxylic acids is 1. The lowest BCUT2D eigenvalue weighted by Gasteiger charge is -2.08.